The fraction of sp³-hybridized carbons (Fsp3) is 0.429. The van der Waals surface area contributed by atoms with Crippen LogP contribution < -0.4 is 0 Å². The van der Waals surface area contributed by atoms with Crippen molar-refractivity contribution in [1.29, 1.82) is 0 Å². The smallest absolute Gasteiger partial charge is 0.310 e. The first kappa shape index (κ1) is 14.2. The van der Waals surface area contributed by atoms with Gasteiger partial charge in [-0.15, -0.1) is 0 Å². The summed E-state index contributed by atoms with van der Waals surface area (Å²) in [6.07, 6.45) is 6.66. The SMILES string of the molecule is CCc1nn(-c2cnccn2)c(CC)c1CC(=O)OC. The molecule has 0 amide bonds. The second-order valence-corrected chi connectivity index (χ2v) is 4.31. The Morgan fingerprint density at radius 2 is 2.10 bits per heavy atom. The van der Waals surface area contributed by atoms with Crippen LogP contribution >= 0.6 is 0 Å². The van der Waals surface area contributed by atoms with Gasteiger partial charge in [0.15, 0.2) is 5.82 Å². The molecular formula is C14H18N4O2. The highest BCUT2D eigenvalue weighted by Gasteiger charge is 2.19. The third kappa shape index (κ3) is 2.68. The molecule has 0 N–H and O–H groups in total. The lowest BCUT2D eigenvalue weighted by Gasteiger charge is -2.06. The van der Waals surface area contributed by atoms with Crippen LogP contribution in [0.2, 0.25) is 0 Å². The second kappa shape index (κ2) is 6.27. The van der Waals surface area contributed by atoms with Gasteiger partial charge in [0.1, 0.15) is 0 Å². The standard InChI is InChI=1S/C14H18N4O2/c1-4-11-10(8-14(19)20-3)12(5-2)18(17-11)13-9-15-6-7-16-13/h6-7,9H,4-5,8H2,1-3H3. The van der Waals surface area contributed by atoms with Gasteiger partial charge in [0.05, 0.1) is 25.4 Å². The van der Waals surface area contributed by atoms with E-state index >= 15 is 0 Å². The normalized spacial score (nSPS) is 10.6. The van der Waals surface area contributed by atoms with Crippen molar-refractivity contribution in [3.63, 3.8) is 0 Å². The van der Waals surface area contributed by atoms with E-state index in [0.717, 1.165) is 29.8 Å². The lowest BCUT2D eigenvalue weighted by atomic mass is 10.1. The molecule has 2 aromatic heterocycles. The molecule has 0 aliphatic rings. The van der Waals surface area contributed by atoms with E-state index in [1.807, 2.05) is 13.8 Å². The number of carbonyl (C=O) groups is 1. The molecule has 0 fully saturated rings. The molecule has 6 heteroatoms. The molecular weight excluding hydrogens is 256 g/mol. The lowest BCUT2D eigenvalue weighted by molar-refractivity contribution is -0.139. The minimum Gasteiger partial charge on any atom is -0.469 e. The summed E-state index contributed by atoms with van der Waals surface area (Å²) in [5.41, 5.74) is 2.82. The van der Waals surface area contributed by atoms with Gasteiger partial charge in [-0.3, -0.25) is 9.78 Å². The van der Waals surface area contributed by atoms with E-state index in [1.54, 1.807) is 23.3 Å². The number of rotatable bonds is 5. The molecule has 0 spiro atoms. The fourth-order valence-corrected chi connectivity index (χ4v) is 2.19. The number of ether oxygens (including phenoxy) is 1. The number of nitrogens with zero attached hydrogens (tertiary/aromatic N) is 4. The number of hydrogen-bond acceptors (Lipinski definition) is 5. The van der Waals surface area contributed by atoms with Gasteiger partial charge < -0.3 is 4.74 Å². The topological polar surface area (TPSA) is 69.9 Å². The molecule has 0 unspecified atom stereocenters. The Labute approximate surface area is 117 Å². The predicted molar refractivity (Wildman–Crippen MR) is 73.6 cm³/mol. The number of esters is 1. The number of methoxy groups -OCH3 is 1. The molecule has 0 atom stereocenters. The number of hydrogen-bond donors (Lipinski definition) is 0. The molecule has 0 radical (unpaired) electrons. The van der Waals surface area contributed by atoms with Crippen molar-refractivity contribution in [3.8, 4) is 5.82 Å². The van der Waals surface area contributed by atoms with E-state index in [2.05, 4.69) is 15.1 Å². The molecule has 0 aliphatic heterocycles. The van der Waals surface area contributed by atoms with Gasteiger partial charge in [-0.05, 0) is 12.8 Å². The van der Waals surface area contributed by atoms with E-state index in [9.17, 15) is 4.79 Å². The Kier molecular flexibility index (Phi) is 4.45. The highest BCUT2D eigenvalue weighted by atomic mass is 16.5. The Morgan fingerprint density at radius 1 is 1.30 bits per heavy atom. The van der Waals surface area contributed by atoms with Crippen molar-refractivity contribution in [3.05, 3.63) is 35.5 Å². The number of carbonyl (C=O) groups excluding carboxylic acids is 1. The molecule has 0 aromatic carbocycles. The van der Waals surface area contributed by atoms with Crippen LogP contribution in [0.5, 0.6) is 0 Å². The van der Waals surface area contributed by atoms with E-state index < -0.39 is 0 Å². The molecule has 2 rings (SSSR count). The Hall–Kier alpha value is -2.24. The minimum absolute atomic E-state index is 0.239. The van der Waals surface area contributed by atoms with Gasteiger partial charge in [0, 0.05) is 23.7 Å². The molecule has 20 heavy (non-hydrogen) atoms. The third-order valence-corrected chi connectivity index (χ3v) is 3.16. The zero-order chi connectivity index (χ0) is 14.5. The monoisotopic (exact) mass is 274 g/mol. The maximum absolute atomic E-state index is 11.6. The quantitative estimate of drug-likeness (QED) is 0.773. The summed E-state index contributed by atoms with van der Waals surface area (Å²) in [4.78, 5) is 19.9. The average molecular weight is 274 g/mol. The Bertz CT molecular complexity index is 593. The average Bonchev–Trinajstić information content (AvgIpc) is 2.85. The van der Waals surface area contributed by atoms with Crippen molar-refractivity contribution in [2.24, 2.45) is 0 Å². The van der Waals surface area contributed by atoms with Crippen LogP contribution in [0.3, 0.4) is 0 Å². The van der Waals surface area contributed by atoms with Crippen LogP contribution in [0.25, 0.3) is 5.82 Å². The highest BCUT2D eigenvalue weighted by Crippen LogP contribution is 2.20. The molecule has 2 aromatic rings. The van der Waals surface area contributed by atoms with Gasteiger partial charge in [-0.1, -0.05) is 13.8 Å². The van der Waals surface area contributed by atoms with Gasteiger partial charge in [-0.25, -0.2) is 9.67 Å². The predicted octanol–water partition coefficient (Wildman–Crippen LogP) is 1.50. The van der Waals surface area contributed by atoms with Gasteiger partial charge in [-0.2, -0.15) is 5.10 Å². The van der Waals surface area contributed by atoms with Crippen LogP contribution in [0.15, 0.2) is 18.6 Å². The Morgan fingerprint density at radius 3 is 2.65 bits per heavy atom. The fourth-order valence-electron chi connectivity index (χ4n) is 2.19. The van der Waals surface area contributed by atoms with E-state index in [4.69, 9.17) is 4.74 Å². The van der Waals surface area contributed by atoms with Crippen molar-refractivity contribution in [1.82, 2.24) is 19.7 Å². The summed E-state index contributed by atoms with van der Waals surface area (Å²) in [6, 6.07) is 0. The van der Waals surface area contributed by atoms with Crippen molar-refractivity contribution in [2.45, 2.75) is 33.1 Å². The van der Waals surface area contributed by atoms with Crippen LogP contribution in [0.1, 0.15) is 30.8 Å². The number of aromatic nitrogens is 4. The zero-order valence-electron chi connectivity index (χ0n) is 12.0. The van der Waals surface area contributed by atoms with Gasteiger partial charge >= 0.3 is 5.97 Å². The molecule has 0 saturated heterocycles. The molecule has 0 bridgehead atoms. The summed E-state index contributed by atoms with van der Waals surface area (Å²) in [5, 5.41) is 4.56. The molecule has 106 valence electrons. The molecule has 0 aliphatic carbocycles. The van der Waals surface area contributed by atoms with Crippen molar-refractivity contribution < 1.29 is 9.53 Å². The van der Waals surface area contributed by atoms with Crippen LogP contribution in [0.4, 0.5) is 0 Å². The molecule has 0 saturated carbocycles. The number of aryl methyl sites for hydroxylation is 1. The first-order chi connectivity index (χ1) is 9.71. The lowest BCUT2D eigenvalue weighted by Crippen LogP contribution is -2.09. The summed E-state index contributed by atoms with van der Waals surface area (Å²) in [7, 11) is 1.40. The Balaban J connectivity index is 2.51. The summed E-state index contributed by atoms with van der Waals surface area (Å²) >= 11 is 0. The van der Waals surface area contributed by atoms with E-state index in [-0.39, 0.29) is 12.4 Å². The van der Waals surface area contributed by atoms with Crippen LogP contribution in [-0.2, 0) is 28.8 Å². The molecule has 2 heterocycles. The minimum atomic E-state index is -0.256. The second-order valence-electron chi connectivity index (χ2n) is 4.31. The summed E-state index contributed by atoms with van der Waals surface area (Å²) in [6.45, 7) is 4.05. The zero-order valence-corrected chi connectivity index (χ0v) is 12.0. The van der Waals surface area contributed by atoms with Gasteiger partial charge in [0.25, 0.3) is 0 Å². The van der Waals surface area contributed by atoms with Crippen LogP contribution in [-0.4, -0.2) is 32.8 Å². The first-order valence-electron chi connectivity index (χ1n) is 6.64. The van der Waals surface area contributed by atoms with Crippen LogP contribution in [0, 0.1) is 0 Å². The third-order valence-electron chi connectivity index (χ3n) is 3.16. The van der Waals surface area contributed by atoms with E-state index in [0.29, 0.717) is 5.82 Å². The first-order valence-corrected chi connectivity index (χ1v) is 6.64. The molecule has 6 nitrogen and oxygen atoms in total. The largest absolute Gasteiger partial charge is 0.469 e. The van der Waals surface area contributed by atoms with Crippen molar-refractivity contribution >= 4 is 5.97 Å². The summed E-state index contributed by atoms with van der Waals surface area (Å²) in [5.74, 6) is 0.406. The summed E-state index contributed by atoms with van der Waals surface area (Å²) < 4.78 is 6.53. The highest BCUT2D eigenvalue weighted by molar-refractivity contribution is 5.73. The van der Waals surface area contributed by atoms with E-state index in [1.165, 1.54) is 7.11 Å². The van der Waals surface area contributed by atoms with Crippen molar-refractivity contribution in [2.75, 3.05) is 7.11 Å². The maximum Gasteiger partial charge on any atom is 0.310 e. The van der Waals surface area contributed by atoms with Gasteiger partial charge in [0.2, 0.25) is 0 Å². The maximum atomic E-state index is 11.6.